The molecule has 6 nitrogen and oxygen atoms in total. The number of hydrogen-bond acceptors (Lipinski definition) is 3. The molecule has 21 heavy (non-hydrogen) atoms. The van der Waals surface area contributed by atoms with Crippen LogP contribution >= 0.6 is 0 Å². The molecule has 0 saturated heterocycles. The minimum atomic E-state index is -0.475. The molecule has 0 aliphatic heterocycles. The van der Waals surface area contributed by atoms with Crippen LogP contribution in [0.1, 0.15) is 21.6 Å². The number of aromatic nitrogens is 1. The minimum Gasteiger partial charge on any atom is -0.357 e. The first-order valence-electron chi connectivity index (χ1n) is 6.11. The number of nitrogens with zero attached hydrogens (tertiary/aromatic N) is 1. The molecule has 1 aromatic carbocycles. The number of benzene rings is 1. The molecule has 6 heteroatoms. The molecule has 0 atom stereocenters. The topological polar surface area (TPSA) is 97.8 Å². The Morgan fingerprint density at radius 3 is 2.76 bits per heavy atom. The van der Waals surface area contributed by atoms with Crippen molar-refractivity contribution in [1.82, 2.24) is 15.8 Å². The monoisotopic (exact) mass is 280 g/mol. The van der Waals surface area contributed by atoms with Crippen LogP contribution in [0.4, 0.5) is 0 Å². The predicted molar refractivity (Wildman–Crippen MR) is 76.6 cm³/mol. The van der Waals surface area contributed by atoms with Gasteiger partial charge in [-0.3, -0.25) is 20.4 Å². The summed E-state index contributed by atoms with van der Waals surface area (Å²) >= 11 is 0. The van der Waals surface area contributed by atoms with E-state index in [4.69, 9.17) is 5.26 Å². The van der Waals surface area contributed by atoms with Gasteiger partial charge in [0.1, 0.15) is 5.69 Å². The van der Waals surface area contributed by atoms with Crippen LogP contribution in [0, 0.1) is 11.3 Å². The fourth-order valence-electron chi connectivity index (χ4n) is 1.58. The van der Waals surface area contributed by atoms with Gasteiger partial charge in [0.25, 0.3) is 11.8 Å². The number of rotatable bonds is 3. The van der Waals surface area contributed by atoms with Crippen LogP contribution in [0.5, 0.6) is 0 Å². The maximum Gasteiger partial charge on any atom is 0.286 e. The Kier molecular flexibility index (Phi) is 4.51. The molecule has 0 radical (unpaired) electrons. The highest BCUT2D eigenvalue weighted by Crippen LogP contribution is 2.05. The Morgan fingerprint density at radius 1 is 1.19 bits per heavy atom. The first kappa shape index (κ1) is 14.1. The molecule has 2 amide bonds. The lowest BCUT2D eigenvalue weighted by Crippen LogP contribution is -2.40. The third-order valence-corrected chi connectivity index (χ3v) is 2.58. The average molecular weight is 280 g/mol. The van der Waals surface area contributed by atoms with E-state index in [0.717, 1.165) is 5.56 Å². The van der Waals surface area contributed by atoms with Crippen LogP contribution in [0.25, 0.3) is 6.08 Å². The molecule has 3 N–H and O–H groups in total. The average Bonchev–Trinajstić information content (AvgIpc) is 3.05. The normalized spacial score (nSPS) is 10.0. The van der Waals surface area contributed by atoms with Crippen molar-refractivity contribution in [2.75, 3.05) is 0 Å². The number of H-pyrrole nitrogens is 1. The fourth-order valence-corrected chi connectivity index (χ4v) is 1.58. The molecule has 0 unspecified atom stereocenters. The van der Waals surface area contributed by atoms with Crippen molar-refractivity contribution in [1.29, 1.82) is 5.26 Å². The van der Waals surface area contributed by atoms with E-state index in [-0.39, 0.29) is 0 Å². The summed E-state index contributed by atoms with van der Waals surface area (Å²) in [5.41, 5.74) is 6.11. The number of carbonyl (C=O) groups is 2. The van der Waals surface area contributed by atoms with Gasteiger partial charge in [-0.15, -0.1) is 0 Å². The van der Waals surface area contributed by atoms with E-state index < -0.39 is 11.8 Å². The standard InChI is InChI=1S/C15H12N4O2/c16-10-12-4-1-3-11(9-12)6-7-14(20)18-19-15(21)13-5-2-8-17-13/h1-9,17H,(H,18,20)(H,19,21)/b7-6+. The fraction of sp³-hybridized carbons (Fsp3) is 0. The summed E-state index contributed by atoms with van der Waals surface area (Å²) in [5, 5.41) is 8.77. The third kappa shape index (κ3) is 4.08. The van der Waals surface area contributed by atoms with Crippen molar-refractivity contribution in [2.24, 2.45) is 0 Å². The van der Waals surface area contributed by atoms with E-state index in [1.807, 2.05) is 6.07 Å². The molecule has 1 aromatic heterocycles. The Hall–Kier alpha value is -3.33. The zero-order valence-corrected chi connectivity index (χ0v) is 11.0. The smallest absolute Gasteiger partial charge is 0.286 e. The zero-order chi connectivity index (χ0) is 15.1. The van der Waals surface area contributed by atoms with E-state index >= 15 is 0 Å². The van der Waals surface area contributed by atoms with Gasteiger partial charge in [-0.05, 0) is 35.9 Å². The number of hydrogen-bond donors (Lipinski definition) is 3. The van der Waals surface area contributed by atoms with Crippen molar-refractivity contribution < 1.29 is 9.59 Å². The highest BCUT2D eigenvalue weighted by Gasteiger charge is 2.05. The summed E-state index contributed by atoms with van der Waals surface area (Å²) in [4.78, 5) is 25.8. The zero-order valence-electron chi connectivity index (χ0n) is 11.0. The number of aromatic amines is 1. The van der Waals surface area contributed by atoms with Gasteiger partial charge in [0, 0.05) is 12.3 Å². The second kappa shape index (κ2) is 6.73. The van der Waals surface area contributed by atoms with Crippen molar-refractivity contribution in [3.8, 4) is 6.07 Å². The first-order valence-corrected chi connectivity index (χ1v) is 6.11. The lowest BCUT2D eigenvalue weighted by Gasteiger charge is -2.03. The molecule has 0 spiro atoms. The van der Waals surface area contributed by atoms with Gasteiger partial charge in [-0.2, -0.15) is 5.26 Å². The molecular formula is C15H12N4O2. The number of amides is 2. The Morgan fingerprint density at radius 2 is 2.05 bits per heavy atom. The number of nitrogens with one attached hydrogen (secondary N) is 3. The summed E-state index contributed by atoms with van der Waals surface area (Å²) in [6.45, 7) is 0. The predicted octanol–water partition coefficient (Wildman–Crippen LogP) is 1.36. The molecule has 0 aliphatic carbocycles. The number of hydrazine groups is 1. The van der Waals surface area contributed by atoms with E-state index in [2.05, 4.69) is 15.8 Å². The maximum atomic E-state index is 11.6. The largest absolute Gasteiger partial charge is 0.357 e. The van der Waals surface area contributed by atoms with Crippen molar-refractivity contribution in [2.45, 2.75) is 0 Å². The molecule has 2 aromatic rings. The van der Waals surface area contributed by atoms with Gasteiger partial charge >= 0.3 is 0 Å². The van der Waals surface area contributed by atoms with Crippen molar-refractivity contribution >= 4 is 17.9 Å². The highest BCUT2D eigenvalue weighted by molar-refractivity contribution is 5.96. The molecule has 104 valence electrons. The summed E-state index contributed by atoms with van der Waals surface area (Å²) in [5.74, 6) is -0.912. The van der Waals surface area contributed by atoms with E-state index in [9.17, 15) is 9.59 Å². The van der Waals surface area contributed by atoms with Crippen LogP contribution in [-0.4, -0.2) is 16.8 Å². The summed E-state index contributed by atoms with van der Waals surface area (Å²) in [7, 11) is 0. The number of carbonyl (C=O) groups excluding carboxylic acids is 2. The summed E-state index contributed by atoms with van der Waals surface area (Å²) in [6, 6.07) is 12.1. The van der Waals surface area contributed by atoms with Crippen molar-refractivity contribution in [3.05, 3.63) is 65.5 Å². The molecule has 1 heterocycles. The van der Waals surface area contributed by atoms with E-state index in [1.165, 1.54) is 6.08 Å². The quantitative estimate of drug-likeness (QED) is 0.585. The minimum absolute atomic E-state index is 0.348. The summed E-state index contributed by atoms with van der Waals surface area (Å²) in [6.07, 6.45) is 4.43. The van der Waals surface area contributed by atoms with Crippen LogP contribution in [-0.2, 0) is 4.79 Å². The Labute approximate surface area is 121 Å². The Bertz CT molecular complexity index is 712. The SMILES string of the molecule is N#Cc1cccc(/C=C/C(=O)NNC(=O)c2ccc[nH]2)c1. The third-order valence-electron chi connectivity index (χ3n) is 2.58. The van der Waals surface area contributed by atoms with Crippen LogP contribution < -0.4 is 10.9 Å². The molecule has 0 fully saturated rings. The number of nitriles is 1. The van der Waals surface area contributed by atoms with Gasteiger partial charge in [-0.1, -0.05) is 12.1 Å². The Balaban J connectivity index is 1.88. The second-order valence-corrected chi connectivity index (χ2v) is 4.10. The maximum absolute atomic E-state index is 11.6. The lowest BCUT2D eigenvalue weighted by atomic mass is 10.1. The summed E-state index contributed by atoms with van der Waals surface area (Å²) < 4.78 is 0. The molecule has 0 aliphatic rings. The van der Waals surface area contributed by atoms with E-state index in [1.54, 1.807) is 48.7 Å². The highest BCUT2D eigenvalue weighted by atomic mass is 16.2. The van der Waals surface area contributed by atoms with Gasteiger partial charge < -0.3 is 4.98 Å². The van der Waals surface area contributed by atoms with Crippen molar-refractivity contribution in [3.63, 3.8) is 0 Å². The van der Waals surface area contributed by atoms with E-state index in [0.29, 0.717) is 11.3 Å². The molecule has 0 saturated carbocycles. The second-order valence-electron chi connectivity index (χ2n) is 4.10. The molecular weight excluding hydrogens is 268 g/mol. The van der Waals surface area contributed by atoms with Gasteiger partial charge in [0.2, 0.25) is 0 Å². The molecule has 2 rings (SSSR count). The lowest BCUT2D eigenvalue weighted by molar-refractivity contribution is -0.117. The molecule has 0 bridgehead atoms. The first-order chi connectivity index (χ1) is 10.2. The van der Waals surface area contributed by atoms with Crippen LogP contribution in [0.2, 0.25) is 0 Å². The van der Waals surface area contributed by atoms with Gasteiger partial charge in [0.15, 0.2) is 0 Å². The van der Waals surface area contributed by atoms with Crippen LogP contribution in [0.3, 0.4) is 0 Å². The van der Waals surface area contributed by atoms with Gasteiger partial charge in [-0.25, -0.2) is 0 Å². The van der Waals surface area contributed by atoms with Gasteiger partial charge in [0.05, 0.1) is 11.6 Å². The van der Waals surface area contributed by atoms with Crippen LogP contribution in [0.15, 0.2) is 48.7 Å².